The molecule has 0 atom stereocenters. The van der Waals surface area contributed by atoms with Gasteiger partial charge in [-0.05, 0) is 57.7 Å². The van der Waals surface area contributed by atoms with E-state index in [-0.39, 0.29) is 11.9 Å². The van der Waals surface area contributed by atoms with Gasteiger partial charge in [0.05, 0.1) is 16.8 Å². The third-order valence-electron chi connectivity index (χ3n) is 6.43. The Morgan fingerprint density at radius 3 is 2.61 bits per heavy atom. The van der Waals surface area contributed by atoms with Crippen molar-refractivity contribution in [1.82, 2.24) is 25.2 Å². The predicted octanol–water partition coefficient (Wildman–Crippen LogP) is 3.95. The third-order valence-corrected chi connectivity index (χ3v) is 6.43. The largest absolute Gasteiger partial charge is 0.382 e. The maximum absolute atomic E-state index is 13.1. The molecular weight excluding hydrogens is 414 g/mol. The van der Waals surface area contributed by atoms with Gasteiger partial charge in [0, 0.05) is 61.3 Å². The van der Waals surface area contributed by atoms with Gasteiger partial charge in [0.15, 0.2) is 0 Å². The van der Waals surface area contributed by atoms with Crippen LogP contribution < -0.4 is 16.0 Å². The van der Waals surface area contributed by atoms with Crippen molar-refractivity contribution in [3.8, 4) is 0 Å². The number of aromatic nitrogens is 3. The minimum absolute atomic E-state index is 0.0588. The van der Waals surface area contributed by atoms with Crippen LogP contribution in [-0.2, 0) is 0 Å². The van der Waals surface area contributed by atoms with Gasteiger partial charge in [-0.15, -0.1) is 0 Å². The summed E-state index contributed by atoms with van der Waals surface area (Å²) >= 11 is 0. The summed E-state index contributed by atoms with van der Waals surface area (Å²) in [6.07, 6.45) is 9.39. The molecule has 8 heteroatoms. The molecule has 3 N–H and O–H groups in total. The van der Waals surface area contributed by atoms with Crippen molar-refractivity contribution in [3.05, 3.63) is 48.4 Å². The second-order valence-electron chi connectivity index (χ2n) is 9.30. The van der Waals surface area contributed by atoms with Crippen LogP contribution in [0.25, 0.3) is 10.9 Å². The van der Waals surface area contributed by atoms with E-state index >= 15 is 0 Å². The lowest BCUT2D eigenvalue weighted by molar-refractivity contribution is 0.0901. The maximum Gasteiger partial charge on any atom is 0.255 e. The number of likely N-dealkylation sites (tertiary alicyclic amines) is 1. The molecule has 33 heavy (non-hydrogen) atoms. The summed E-state index contributed by atoms with van der Waals surface area (Å²) in [5, 5.41) is 11.0. The number of hydrogen-bond acceptors (Lipinski definition) is 7. The third kappa shape index (κ3) is 5.22. The summed E-state index contributed by atoms with van der Waals surface area (Å²) < 4.78 is 0. The molecule has 172 valence electrons. The van der Waals surface area contributed by atoms with E-state index in [0.29, 0.717) is 29.3 Å². The molecule has 4 heterocycles. The number of hydrogen-bond donors (Lipinski definition) is 3. The molecule has 1 saturated heterocycles. The second-order valence-corrected chi connectivity index (χ2v) is 9.30. The molecule has 0 unspecified atom stereocenters. The Balaban J connectivity index is 1.30. The fourth-order valence-corrected chi connectivity index (χ4v) is 4.26. The highest BCUT2D eigenvalue weighted by Gasteiger charge is 2.26. The van der Waals surface area contributed by atoms with Crippen molar-refractivity contribution in [2.45, 2.75) is 57.7 Å². The zero-order valence-corrected chi connectivity index (χ0v) is 19.2. The summed E-state index contributed by atoms with van der Waals surface area (Å²) in [7, 11) is 0. The van der Waals surface area contributed by atoms with Crippen LogP contribution in [-0.4, -0.2) is 57.0 Å². The lowest BCUT2D eigenvalue weighted by Gasteiger charge is -2.34. The van der Waals surface area contributed by atoms with Crippen molar-refractivity contribution in [2.75, 3.05) is 23.7 Å². The summed E-state index contributed by atoms with van der Waals surface area (Å²) in [5.41, 5.74) is 2.28. The molecule has 1 aliphatic heterocycles. The predicted molar refractivity (Wildman–Crippen MR) is 131 cm³/mol. The van der Waals surface area contributed by atoms with Crippen LogP contribution in [0.4, 0.5) is 17.3 Å². The number of carbonyl (C=O) groups is 1. The van der Waals surface area contributed by atoms with Gasteiger partial charge < -0.3 is 20.9 Å². The lowest BCUT2D eigenvalue weighted by atomic mass is 10.0. The number of anilines is 3. The first-order valence-electron chi connectivity index (χ1n) is 11.8. The number of nitrogens with zero attached hydrogens (tertiary/aromatic N) is 4. The first kappa shape index (κ1) is 21.6. The molecule has 3 aromatic heterocycles. The molecule has 2 aliphatic rings. The molecular formula is C25H31N7O. The standard InChI is InChI=1S/C25H31N7O/c1-16(2)32-11-8-19(9-12-32)29-25(33)20-15-27-24(13-22(20)28-18-4-5-18)31-23-6-3-17-14-26-10-7-21(17)30-23/h3,6-7,10,13-16,18-19H,4-5,8-9,11-12H2,1-2H3,(H,29,33)(H2,27,28,30,31). The molecule has 8 nitrogen and oxygen atoms in total. The van der Waals surface area contributed by atoms with Gasteiger partial charge >= 0.3 is 0 Å². The monoisotopic (exact) mass is 445 g/mol. The molecule has 1 amide bonds. The average molecular weight is 446 g/mol. The molecule has 1 aliphatic carbocycles. The summed E-state index contributed by atoms with van der Waals surface area (Å²) in [6.45, 7) is 6.48. The van der Waals surface area contributed by atoms with Crippen LogP contribution in [0.2, 0.25) is 0 Å². The van der Waals surface area contributed by atoms with Gasteiger partial charge in [0.2, 0.25) is 0 Å². The molecule has 5 rings (SSSR count). The fourth-order valence-electron chi connectivity index (χ4n) is 4.26. The zero-order chi connectivity index (χ0) is 22.8. The number of nitrogens with one attached hydrogen (secondary N) is 3. The highest BCUT2D eigenvalue weighted by Crippen LogP contribution is 2.29. The van der Waals surface area contributed by atoms with Gasteiger partial charge in [-0.1, -0.05) is 0 Å². The Kier molecular flexibility index (Phi) is 6.09. The van der Waals surface area contributed by atoms with Crippen LogP contribution in [0.1, 0.15) is 49.9 Å². The van der Waals surface area contributed by atoms with Crippen molar-refractivity contribution >= 4 is 34.1 Å². The molecule has 3 aromatic rings. The van der Waals surface area contributed by atoms with Crippen LogP contribution in [0, 0.1) is 0 Å². The number of carbonyl (C=O) groups excluding carboxylic acids is 1. The maximum atomic E-state index is 13.1. The Morgan fingerprint density at radius 2 is 1.85 bits per heavy atom. The van der Waals surface area contributed by atoms with Gasteiger partial charge in [0.25, 0.3) is 5.91 Å². The first-order valence-corrected chi connectivity index (χ1v) is 11.8. The minimum atomic E-state index is -0.0588. The topological polar surface area (TPSA) is 95.1 Å². The minimum Gasteiger partial charge on any atom is -0.382 e. The van der Waals surface area contributed by atoms with Crippen LogP contribution >= 0.6 is 0 Å². The fraction of sp³-hybridized carbons (Fsp3) is 0.440. The van der Waals surface area contributed by atoms with Gasteiger partial charge in [-0.25, -0.2) is 9.97 Å². The molecule has 0 spiro atoms. The second kappa shape index (κ2) is 9.31. The number of amides is 1. The smallest absolute Gasteiger partial charge is 0.255 e. The number of pyridine rings is 3. The number of piperidine rings is 1. The van der Waals surface area contributed by atoms with E-state index in [0.717, 1.165) is 55.4 Å². The van der Waals surface area contributed by atoms with E-state index < -0.39 is 0 Å². The normalized spacial score (nSPS) is 17.3. The SMILES string of the molecule is CC(C)N1CCC(NC(=O)c2cnc(Nc3ccc4cnccc4n3)cc2NC2CC2)CC1. The summed E-state index contributed by atoms with van der Waals surface area (Å²) in [6, 6.07) is 8.86. The average Bonchev–Trinajstić information content (AvgIpc) is 3.63. The van der Waals surface area contributed by atoms with E-state index in [9.17, 15) is 4.79 Å². The van der Waals surface area contributed by atoms with Crippen molar-refractivity contribution in [2.24, 2.45) is 0 Å². The van der Waals surface area contributed by atoms with Gasteiger partial charge in [0.1, 0.15) is 11.6 Å². The Labute approximate surface area is 194 Å². The van der Waals surface area contributed by atoms with Crippen molar-refractivity contribution < 1.29 is 4.79 Å². The lowest BCUT2D eigenvalue weighted by Crippen LogP contribution is -2.46. The highest BCUT2D eigenvalue weighted by molar-refractivity contribution is 6.00. The molecule has 0 radical (unpaired) electrons. The van der Waals surface area contributed by atoms with Gasteiger partial charge in [-0.3, -0.25) is 9.78 Å². The molecule has 2 fully saturated rings. The van der Waals surface area contributed by atoms with E-state index in [4.69, 9.17) is 0 Å². The quantitative estimate of drug-likeness (QED) is 0.507. The molecule has 0 aromatic carbocycles. The summed E-state index contributed by atoms with van der Waals surface area (Å²) in [5.74, 6) is 1.30. The van der Waals surface area contributed by atoms with Crippen molar-refractivity contribution in [3.63, 3.8) is 0 Å². The Morgan fingerprint density at radius 1 is 1.03 bits per heavy atom. The van der Waals surface area contributed by atoms with Crippen molar-refractivity contribution in [1.29, 1.82) is 0 Å². The number of rotatable bonds is 7. The Bertz CT molecular complexity index is 1140. The molecule has 1 saturated carbocycles. The molecule has 0 bridgehead atoms. The van der Waals surface area contributed by atoms with E-state index in [1.807, 2.05) is 24.3 Å². The zero-order valence-electron chi connectivity index (χ0n) is 19.2. The van der Waals surface area contributed by atoms with E-state index in [2.05, 4.69) is 49.6 Å². The van der Waals surface area contributed by atoms with Gasteiger partial charge in [-0.2, -0.15) is 0 Å². The summed E-state index contributed by atoms with van der Waals surface area (Å²) in [4.78, 5) is 28.9. The first-order chi connectivity index (χ1) is 16.0. The van der Waals surface area contributed by atoms with E-state index in [1.165, 1.54) is 0 Å². The highest BCUT2D eigenvalue weighted by atomic mass is 16.1. The van der Waals surface area contributed by atoms with Crippen LogP contribution in [0.3, 0.4) is 0 Å². The van der Waals surface area contributed by atoms with Crippen LogP contribution in [0.15, 0.2) is 42.9 Å². The van der Waals surface area contributed by atoms with E-state index in [1.54, 1.807) is 18.6 Å². The van der Waals surface area contributed by atoms with Crippen LogP contribution in [0.5, 0.6) is 0 Å². The Hall–Kier alpha value is -3.26. The number of fused-ring (bicyclic) bond motifs is 1.